The highest BCUT2D eigenvalue weighted by molar-refractivity contribution is 6.04. The Morgan fingerprint density at radius 2 is 1.63 bits per heavy atom. The van der Waals surface area contributed by atoms with Gasteiger partial charge in [-0.15, -0.1) is 0 Å². The predicted molar refractivity (Wildman–Crippen MR) is 104 cm³/mol. The summed E-state index contributed by atoms with van der Waals surface area (Å²) in [6.07, 6.45) is 3.33. The molecule has 1 aromatic rings. The van der Waals surface area contributed by atoms with E-state index in [2.05, 4.69) is 10.6 Å². The van der Waals surface area contributed by atoms with Crippen LogP contribution < -0.4 is 10.6 Å². The molecule has 2 aliphatic rings. The Bertz CT molecular complexity index is 726. The first-order chi connectivity index (χ1) is 12.8. The molecule has 1 aromatic carbocycles. The van der Waals surface area contributed by atoms with E-state index in [9.17, 15) is 14.4 Å². The normalized spacial score (nSPS) is 18.1. The standard InChI is InChI=1S/C21H29N3O3/c1-21(2,3)20(27)24-12-10-14(11-13-24)18(25)23-17-7-5-4-6-16(17)19(26)22-15-8-9-15/h4-7,14-15H,8-13H2,1-3H3,(H,22,26)(H,23,25). The van der Waals surface area contributed by atoms with Crippen LogP contribution in [0.1, 0.15) is 56.8 Å². The molecule has 0 spiro atoms. The number of para-hydroxylation sites is 1. The van der Waals surface area contributed by atoms with Crippen molar-refractivity contribution >= 4 is 23.4 Å². The zero-order chi connectivity index (χ0) is 19.6. The number of rotatable bonds is 4. The maximum absolute atomic E-state index is 12.7. The zero-order valence-electron chi connectivity index (χ0n) is 16.4. The summed E-state index contributed by atoms with van der Waals surface area (Å²) in [7, 11) is 0. The monoisotopic (exact) mass is 371 g/mol. The van der Waals surface area contributed by atoms with Gasteiger partial charge in [-0.25, -0.2) is 0 Å². The van der Waals surface area contributed by atoms with Crippen LogP contribution in [-0.2, 0) is 9.59 Å². The van der Waals surface area contributed by atoms with Gasteiger partial charge in [0, 0.05) is 30.5 Å². The lowest BCUT2D eigenvalue weighted by atomic mass is 9.90. The topological polar surface area (TPSA) is 78.5 Å². The molecule has 0 radical (unpaired) electrons. The van der Waals surface area contributed by atoms with Gasteiger partial charge in [0.2, 0.25) is 11.8 Å². The Labute approximate surface area is 160 Å². The van der Waals surface area contributed by atoms with Crippen LogP contribution in [0.3, 0.4) is 0 Å². The van der Waals surface area contributed by atoms with E-state index in [1.54, 1.807) is 18.2 Å². The molecule has 146 valence electrons. The molecule has 2 fully saturated rings. The van der Waals surface area contributed by atoms with Crippen LogP contribution in [0, 0.1) is 11.3 Å². The molecule has 2 N–H and O–H groups in total. The lowest BCUT2D eigenvalue weighted by Crippen LogP contribution is -2.45. The Morgan fingerprint density at radius 1 is 1.00 bits per heavy atom. The van der Waals surface area contributed by atoms with E-state index in [-0.39, 0.29) is 29.7 Å². The summed E-state index contributed by atoms with van der Waals surface area (Å²) in [5, 5.41) is 5.89. The average Bonchev–Trinajstić information content (AvgIpc) is 3.44. The lowest BCUT2D eigenvalue weighted by Gasteiger charge is -2.35. The van der Waals surface area contributed by atoms with Crippen molar-refractivity contribution in [2.24, 2.45) is 11.3 Å². The van der Waals surface area contributed by atoms with Crippen LogP contribution in [-0.4, -0.2) is 41.8 Å². The zero-order valence-corrected chi connectivity index (χ0v) is 16.4. The largest absolute Gasteiger partial charge is 0.349 e. The van der Waals surface area contributed by atoms with Gasteiger partial charge in [-0.2, -0.15) is 0 Å². The van der Waals surface area contributed by atoms with Crippen LogP contribution in [0.2, 0.25) is 0 Å². The number of carbonyl (C=O) groups is 3. The van der Waals surface area contributed by atoms with Crippen LogP contribution in [0.4, 0.5) is 5.69 Å². The summed E-state index contributed by atoms with van der Waals surface area (Å²) < 4.78 is 0. The molecule has 6 nitrogen and oxygen atoms in total. The van der Waals surface area contributed by atoms with E-state index < -0.39 is 5.41 Å². The smallest absolute Gasteiger partial charge is 0.253 e. The summed E-state index contributed by atoms with van der Waals surface area (Å²) in [6, 6.07) is 7.38. The fourth-order valence-corrected chi connectivity index (χ4v) is 3.33. The van der Waals surface area contributed by atoms with Gasteiger partial charge in [-0.05, 0) is 37.8 Å². The van der Waals surface area contributed by atoms with Crippen molar-refractivity contribution in [3.05, 3.63) is 29.8 Å². The molecular weight excluding hydrogens is 342 g/mol. The van der Waals surface area contributed by atoms with Crippen molar-refractivity contribution in [2.75, 3.05) is 18.4 Å². The second-order valence-corrected chi connectivity index (χ2v) is 8.60. The Kier molecular flexibility index (Phi) is 5.53. The molecule has 6 heteroatoms. The van der Waals surface area contributed by atoms with Crippen molar-refractivity contribution in [2.45, 2.75) is 52.5 Å². The number of hydrogen-bond acceptors (Lipinski definition) is 3. The third-order valence-electron chi connectivity index (χ3n) is 5.14. The number of piperidine rings is 1. The van der Waals surface area contributed by atoms with Gasteiger partial charge in [-0.3, -0.25) is 14.4 Å². The molecule has 0 bridgehead atoms. The number of likely N-dealkylation sites (tertiary alicyclic amines) is 1. The van der Waals surface area contributed by atoms with E-state index in [1.165, 1.54) is 0 Å². The van der Waals surface area contributed by atoms with Crippen LogP contribution >= 0.6 is 0 Å². The van der Waals surface area contributed by atoms with Gasteiger partial charge in [0.05, 0.1) is 11.3 Å². The second kappa shape index (κ2) is 7.71. The fraction of sp³-hybridized carbons (Fsp3) is 0.571. The Hall–Kier alpha value is -2.37. The molecule has 1 saturated heterocycles. The van der Waals surface area contributed by atoms with Crippen molar-refractivity contribution < 1.29 is 14.4 Å². The fourth-order valence-electron chi connectivity index (χ4n) is 3.33. The molecule has 0 aromatic heterocycles. The molecule has 0 unspecified atom stereocenters. The first-order valence-electron chi connectivity index (χ1n) is 9.76. The van der Waals surface area contributed by atoms with E-state index in [0.29, 0.717) is 37.2 Å². The maximum Gasteiger partial charge on any atom is 0.253 e. The van der Waals surface area contributed by atoms with Crippen LogP contribution in [0.25, 0.3) is 0 Å². The van der Waals surface area contributed by atoms with E-state index in [1.807, 2.05) is 31.7 Å². The number of hydrogen-bond donors (Lipinski definition) is 2. The molecule has 1 aliphatic heterocycles. The first kappa shape index (κ1) is 19.4. The summed E-state index contributed by atoms with van der Waals surface area (Å²) in [5.74, 6) is -0.236. The molecule has 1 heterocycles. The Balaban J connectivity index is 1.59. The number of benzene rings is 1. The molecule has 1 saturated carbocycles. The molecule has 27 heavy (non-hydrogen) atoms. The van der Waals surface area contributed by atoms with Crippen molar-refractivity contribution in [1.82, 2.24) is 10.2 Å². The first-order valence-corrected chi connectivity index (χ1v) is 9.76. The van der Waals surface area contributed by atoms with Crippen molar-refractivity contribution in [3.63, 3.8) is 0 Å². The minimum atomic E-state index is -0.400. The molecule has 0 atom stereocenters. The van der Waals surface area contributed by atoms with E-state index >= 15 is 0 Å². The highest BCUT2D eigenvalue weighted by atomic mass is 16.2. The highest BCUT2D eigenvalue weighted by Crippen LogP contribution is 2.26. The van der Waals surface area contributed by atoms with Gasteiger partial charge >= 0.3 is 0 Å². The summed E-state index contributed by atoms with van der Waals surface area (Å²) in [5.41, 5.74) is 0.648. The van der Waals surface area contributed by atoms with Gasteiger partial charge in [0.15, 0.2) is 0 Å². The minimum Gasteiger partial charge on any atom is -0.349 e. The SMILES string of the molecule is CC(C)(C)C(=O)N1CCC(C(=O)Nc2ccccc2C(=O)NC2CC2)CC1. The predicted octanol–water partition coefficient (Wildman–Crippen LogP) is 2.80. The maximum atomic E-state index is 12.7. The molecule has 3 amide bonds. The van der Waals surface area contributed by atoms with Gasteiger partial charge in [-0.1, -0.05) is 32.9 Å². The van der Waals surface area contributed by atoms with Gasteiger partial charge in [0.25, 0.3) is 5.91 Å². The number of nitrogens with one attached hydrogen (secondary N) is 2. The number of anilines is 1. The van der Waals surface area contributed by atoms with Crippen molar-refractivity contribution in [3.8, 4) is 0 Å². The molecule has 3 rings (SSSR count). The lowest BCUT2D eigenvalue weighted by molar-refractivity contribution is -0.142. The quantitative estimate of drug-likeness (QED) is 0.854. The summed E-state index contributed by atoms with van der Waals surface area (Å²) in [4.78, 5) is 39.3. The van der Waals surface area contributed by atoms with Crippen LogP contribution in [0.5, 0.6) is 0 Å². The second-order valence-electron chi connectivity index (χ2n) is 8.60. The van der Waals surface area contributed by atoms with E-state index in [4.69, 9.17) is 0 Å². The number of nitrogens with zero attached hydrogens (tertiary/aromatic N) is 1. The Morgan fingerprint density at radius 3 is 2.22 bits per heavy atom. The number of carbonyl (C=O) groups excluding carboxylic acids is 3. The average molecular weight is 371 g/mol. The molecule has 1 aliphatic carbocycles. The third-order valence-corrected chi connectivity index (χ3v) is 5.14. The third kappa shape index (κ3) is 4.87. The summed E-state index contributed by atoms with van der Waals surface area (Å²) in [6.45, 7) is 6.93. The number of amides is 3. The van der Waals surface area contributed by atoms with E-state index in [0.717, 1.165) is 12.8 Å². The van der Waals surface area contributed by atoms with Crippen LogP contribution in [0.15, 0.2) is 24.3 Å². The minimum absolute atomic E-state index is 0.0791. The van der Waals surface area contributed by atoms with Gasteiger partial charge in [0.1, 0.15) is 0 Å². The highest BCUT2D eigenvalue weighted by Gasteiger charge is 2.32. The molecular formula is C21H29N3O3. The van der Waals surface area contributed by atoms with Crippen molar-refractivity contribution in [1.29, 1.82) is 0 Å². The van der Waals surface area contributed by atoms with Gasteiger partial charge < -0.3 is 15.5 Å². The summed E-state index contributed by atoms with van der Waals surface area (Å²) >= 11 is 0.